The molecule has 2 aliphatic heterocycles. The number of thioether (sulfide) groups is 1. The molecule has 1 saturated heterocycles. The van der Waals surface area contributed by atoms with Crippen molar-refractivity contribution in [3.8, 4) is 0 Å². The second-order valence-electron chi connectivity index (χ2n) is 5.63. The Morgan fingerprint density at radius 1 is 1.36 bits per heavy atom. The Balaban J connectivity index is 1.54. The summed E-state index contributed by atoms with van der Waals surface area (Å²) in [7, 11) is 0. The van der Waals surface area contributed by atoms with Gasteiger partial charge in [0.15, 0.2) is 0 Å². The monoisotopic (exact) mass is 338 g/mol. The van der Waals surface area contributed by atoms with Crippen molar-refractivity contribution in [2.75, 3.05) is 39.4 Å². The lowest BCUT2D eigenvalue weighted by Crippen LogP contribution is -2.41. The van der Waals surface area contributed by atoms with E-state index < -0.39 is 0 Å². The Labute approximate surface area is 139 Å². The van der Waals surface area contributed by atoms with Gasteiger partial charge < -0.3 is 10.1 Å². The van der Waals surface area contributed by atoms with E-state index in [1.807, 2.05) is 0 Å². The van der Waals surface area contributed by atoms with Gasteiger partial charge in [0.2, 0.25) is 0 Å². The van der Waals surface area contributed by atoms with Crippen LogP contribution in [0.4, 0.5) is 0 Å². The molecule has 0 radical (unpaired) electrons. The molecule has 0 bridgehead atoms. The molecule has 0 aromatic carbocycles. The quantitative estimate of drug-likeness (QED) is 0.915. The van der Waals surface area contributed by atoms with Crippen LogP contribution < -0.4 is 5.32 Å². The lowest BCUT2D eigenvalue weighted by molar-refractivity contribution is -0.116. The van der Waals surface area contributed by atoms with E-state index in [1.165, 1.54) is 20.9 Å². The van der Waals surface area contributed by atoms with Crippen LogP contribution in [0.15, 0.2) is 4.91 Å². The Morgan fingerprint density at radius 2 is 2.14 bits per heavy atom. The van der Waals surface area contributed by atoms with Crippen molar-refractivity contribution in [2.45, 2.75) is 19.6 Å². The lowest BCUT2D eigenvalue weighted by Gasteiger charge is -2.26. The number of rotatable bonds is 4. The minimum absolute atomic E-state index is 0.0626. The van der Waals surface area contributed by atoms with E-state index in [-0.39, 0.29) is 5.91 Å². The summed E-state index contributed by atoms with van der Waals surface area (Å²) in [5.41, 5.74) is 2.79. The van der Waals surface area contributed by atoms with Crippen LogP contribution in [-0.4, -0.2) is 50.2 Å². The predicted octanol–water partition coefficient (Wildman–Crippen LogP) is 2.40. The third-order valence-corrected chi connectivity index (χ3v) is 6.46. The minimum Gasteiger partial charge on any atom is -0.379 e. The number of thiophene rings is 1. The molecule has 6 heteroatoms. The first-order chi connectivity index (χ1) is 10.6. The summed E-state index contributed by atoms with van der Waals surface area (Å²) in [6, 6.07) is 0. The maximum Gasteiger partial charge on any atom is 0.257 e. The average molecular weight is 338 g/mol. The van der Waals surface area contributed by atoms with Gasteiger partial charge in [-0.25, -0.2) is 0 Å². The number of nitrogens with zero attached hydrogens (tertiary/aromatic N) is 1. The zero-order chi connectivity index (χ0) is 15.5. The van der Waals surface area contributed by atoms with Crippen molar-refractivity contribution < 1.29 is 9.53 Å². The van der Waals surface area contributed by atoms with Gasteiger partial charge in [-0.15, -0.1) is 23.1 Å². The van der Waals surface area contributed by atoms with Crippen molar-refractivity contribution >= 4 is 35.1 Å². The van der Waals surface area contributed by atoms with E-state index in [0.29, 0.717) is 6.54 Å². The number of carbonyl (C=O) groups is 1. The molecular weight excluding hydrogens is 316 g/mol. The fraction of sp³-hybridized carbons (Fsp3) is 0.562. The van der Waals surface area contributed by atoms with Crippen molar-refractivity contribution in [3.05, 3.63) is 25.8 Å². The van der Waals surface area contributed by atoms with E-state index in [2.05, 4.69) is 30.1 Å². The lowest BCUT2D eigenvalue weighted by atomic mass is 10.1. The zero-order valence-electron chi connectivity index (χ0n) is 13.1. The van der Waals surface area contributed by atoms with Gasteiger partial charge in [0.05, 0.1) is 18.1 Å². The summed E-state index contributed by atoms with van der Waals surface area (Å²) in [5.74, 6) is 0.974. The van der Waals surface area contributed by atoms with Crippen LogP contribution in [0, 0.1) is 13.8 Å². The molecule has 120 valence electrons. The van der Waals surface area contributed by atoms with Crippen molar-refractivity contribution in [1.29, 1.82) is 0 Å². The Hall–Kier alpha value is -0.820. The molecule has 22 heavy (non-hydrogen) atoms. The number of nitrogens with one attached hydrogen (secondary N) is 1. The van der Waals surface area contributed by atoms with Gasteiger partial charge >= 0.3 is 0 Å². The molecule has 0 saturated carbocycles. The number of fused-ring (bicyclic) bond motifs is 1. The van der Waals surface area contributed by atoms with Gasteiger partial charge in [-0.05, 0) is 31.1 Å². The van der Waals surface area contributed by atoms with E-state index in [1.54, 1.807) is 23.1 Å². The summed E-state index contributed by atoms with van der Waals surface area (Å²) in [5, 5.41) is 3.05. The van der Waals surface area contributed by atoms with E-state index in [0.717, 1.165) is 43.5 Å². The number of morpholine rings is 1. The largest absolute Gasteiger partial charge is 0.379 e. The molecule has 1 fully saturated rings. The molecule has 0 atom stereocenters. The summed E-state index contributed by atoms with van der Waals surface area (Å²) in [4.78, 5) is 18.1. The first kappa shape index (κ1) is 16.1. The number of hydrogen-bond donors (Lipinski definition) is 1. The predicted molar refractivity (Wildman–Crippen MR) is 93.3 cm³/mol. The number of amides is 1. The summed E-state index contributed by atoms with van der Waals surface area (Å²) in [6.07, 6.45) is 2.05. The fourth-order valence-corrected chi connectivity index (χ4v) is 5.05. The molecule has 1 amide bonds. The van der Waals surface area contributed by atoms with Crippen LogP contribution in [0.3, 0.4) is 0 Å². The van der Waals surface area contributed by atoms with E-state index >= 15 is 0 Å². The Bertz CT molecular complexity index is 589. The first-order valence-corrected chi connectivity index (χ1v) is 9.47. The van der Waals surface area contributed by atoms with Crippen LogP contribution >= 0.6 is 23.1 Å². The number of carbonyl (C=O) groups excluding carboxylic acids is 1. The number of hydrogen-bond acceptors (Lipinski definition) is 5. The van der Waals surface area contributed by atoms with Crippen LogP contribution in [0.2, 0.25) is 0 Å². The average Bonchev–Trinajstić information content (AvgIpc) is 2.82. The standard InChI is InChI=1S/C16H22N2O2S2/c1-11-12(2)22-14-9-15(21-10-13(11)14)16(19)17-3-4-18-5-7-20-8-6-18/h9H,3-8,10H2,1-2H3,(H,17,19). The normalized spacial score (nSPS) is 18.7. The highest BCUT2D eigenvalue weighted by Crippen LogP contribution is 2.39. The highest BCUT2D eigenvalue weighted by atomic mass is 32.2. The highest BCUT2D eigenvalue weighted by Gasteiger charge is 2.21. The van der Waals surface area contributed by atoms with Gasteiger partial charge in [0.25, 0.3) is 5.91 Å². The Morgan fingerprint density at radius 3 is 2.91 bits per heavy atom. The molecule has 1 aromatic rings. The molecule has 0 spiro atoms. The van der Waals surface area contributed by atoms with Crippen molar-refractivity contribution in [2.24, 2.45) is 0 Å². The maximum atomic E-state index is 12.3. The van der Waals surface area contributed by atoms with Gasteiger partial charge in [-0.3, -0.25) is 9.69 Å². The van der Waals surface area contributed by atoms with Crippen LogP contribution in [0.5, 0.6) is 0 Å². The minimum atomic E-state index is 0.0626. The molecule has 2 aliphatic rings. The van der Waals surface area contributed by atoms with Gasteiger partial charge in [-0.1, -0.05) is 0 Å². The zero-order valence-corrected chi connectivity index (χ0v) is 14.7. The van der Waals surface area contributed by atoms with Crippen molar-refractivity contribution in [1.82, 2.24) is 10.2 Å². The summed E-state index contributed by atoms with van der Waals surface area (Å²) >= 11 is 3.44. The third-order valence-electron chi connectivity index (χ3n) is 4.22. The topological polar surface area (TPSA) is 41.6 Å². The van der Waals surface area contributed by atoms with E-state index in [4.69, 9.17) is 4.74 Å². The molecule has 1 aromatic heterocycles. The van der Waals surface area contributed by atoms with Gasteiger partial charge in [0, 0.05) is 41.7 Å². The van der Waals surface area contributed by atoms with Crippen LogP contribution in [0.1, 0.15) is 20.9 Å². The number of aryl methyl sites for hydroxylation is 1. The number of ether oxygens (including phenoxy) is 1. The SMILES string of the molecule is Cc1sc2c(c1C)CSC(C(=O)NCCN1CCOCC1)=C2. The molecule has 1 N–H and O–H groups in total. The molecule has 0 unspecified atom stereocenters. The Kier molecular flexibility index (Phi) is 5.23. The molecule has 3 rings (SSSR count). The molecule has 3 heterocycles. The maximum absolute atomic E-state index is 12.3. The van der Waals surface area contributed by atoms with Gasteiger partial charge in [0.1, 0.15) is 0 Å². The molecule has 0 aliphatic carbocycles. The van der Waals surface area contributed by atoms with Crippen LogP contribution in [0.25, 0.3) is 6.08 Å². The van der Waals surface area contributed by atoms with Gasteiger partial charge in [-0.2, -0.15) is 0 Å². The van der Waals surface area contributed by atoms with Crippen molar-refractivity contribution in [3.63, 3.8) is 0 Å². The molecular formula is C16H22N2O2S2. The van der Waals surface area contributed by atoms with E-state index in [9.17, 15) is 4.79 Å². The first-order valence-electron chi connectivity index (χ1n) is 7.67. The smallest absolute Gasteiger partial charge is 0.257 e. The molecule has 4 nitrogen and oxygen atoms in total. The summed E-state index contributed by atoms with van der Waals surface area (Å²) < 4.78 is 5.33. The highest BCUT2D eigenvalue weighted by molar-refractivity contribution is 8.03. The van der Waals surface area contributed by atoms with Crippen LogP contribution in [-0.2, 0) is 15.3 Å². The third kappa shape index (κ3) is 3.56. The second-order valence-corrected chi connectivity index (χ2v) is 7.91. The fourth-order valence-electron chi connectivity index (χ4n) is 2.68. The second kappa shape index (κ2) is 7.17. The summed E-state index contributed by atoms with van der Waals surface area (Å²) in [6.45, 7) is 9.45.